The van der Waals surface area contributed by atoms with Crippen molar-refractivity contribution >= 4 is 11.0 Å². The summed E-state index contributed by atoms with van der Waals surface area (Å²) in [5.74, 6) is 0.282. The summed E-state index contributed by atoms with van der Waals surface area (Å²) in [6, 6.07) is 8.88. The smallest absolute Gasteiger partial charge is 0.229 e. The fourth-order valence-corrected chi connectivity index (χ4v) is 3.75. The van der Waals surface area contributed by atoms with Crippen LogP contribution in [-0.2, 0) is 4.74 Å². The normalized spacial score (nSPS) is 24.7. The SMILES string of the molecule is COc1cc2oc(-c3ccc(O[C@@H]4O[C@H](CO)[C@@H](O)[C@H](O)[C@H]4O)cc3)cc(=O)c2c(O)c1OC. The van der Waals surface area contributed by atoms with Crippen molar-refractivity contribution in [3.05, 3.63) is 46.6 Å². The number of benzene rings is 2. The van der Waals surface area contributed by atoms with Crippen LogP contribution in [0, 0.1) is 0 Å². The number of aliphatic hydroxyl groups is 4. The molecule has 5 atom stereocenters. The second-order valence-electron chi connectivity index (χ2n) is 7.65. The third-order valence-electron chi connectivity index (χ3n) is 5.58. The van der Waals surface area contributed by atoms with Crippen LogP contribution >= 0.6 is 0 Å². The van der Waals surface area contributed by atoms with Gasteiger partial charge in [-0.15, -0.1) is 0 Å². The van der Waals surface area contributed by atoms with Crippen molar-refractivity contribution in [2.75, 3.05) is 20.8 Å². The van der Waals surface area contributed by atoms with Crippen molar-refractivity contribution in [3.63, 3.8) is 0 Å². The molecule has 4 rings (SSSR count). The van der Waals surface area contributed by atoms with E-state index in [1.165, 1.54) is 38.5 Å². The molecular weight excluding hydrogens is 452 g/mol. The maximum Gasteiger partial charge on any atom is 0.229 e. The van der Waals surface area contributed by atoms with Gasteiger partial charge in [-0.3, -0.25) is 4.79 Å². The summed E-state index contributed by atoms with van der Waals surface area (Å²) in [6.45, 7) is -0.572. The zero-order chi connectivity index (χ0) is 24.6. The first kappa shape index (κ1) is 23.8. The van der Waals surface area contributed by atoms with Gasteiger partial charge in [-0.2, -0.15) is 0 Å². The van der Waals surface area contributed by atoms with Gasteiger partial charge in [0.1, 0.15) is 46.9 Å². The van der Waals surface area contributed by atoms with Crippen molar-refractivity contribution in [3.8, 4) is 34.3 Å². The third-order valence-corrected chi connectivity index (χ3v) is 5.58. The lowest BCUT2D eigenvalue weighted by Crippen LogP contribution is -2.60. The predicted molar refractivity (Wildman–Crippen MR) is 117 cm³/mol. The lowest BCUT2D eigenvalue weighted by atomic mass is 9.99. The lowest BCUT2D eigenvalue weighted by molar-refractivity contribution is -0.277. The van der Waals surface area contributed by atoms with Gasteiger partial charge in [0, 0.05) is 17.7 Å². The summed E-state index contributed by atoms with van der Waals surface area (Å²) in [6.07, 6.45) is -7.02. The lowest BCUT2D eigenvalue weighted by Gasteiger charge is -2.39. The number of fused-ring (bicyclic) bond motifs is 1. The van der Waals surface area contributed by atoms with Gasteiger partial charge >= 0.3 is 0 Å². The quantitative estimate of drug-likeness (QED) is 0.333. The average molecular weight is 476 g/mol. The first-order chi connectivity index (χ1) is 16.3. The van der Waals surface area contributed by atoms with E-state index in [4.69, 9.17) is 23.4 Å². The minimum Gasteiger partial charge on any atom is -0.504 e. The van der Waals surface area contributed by atoms with Crippen molar-refractivity contribution < 1.29 is 48.9 Å². The summed E-state index contributed by atoms with van der Waals surface area (Å²) < 4.78 is 27.0. The van der Waals surface area contributed by atoms with E-state index >= 15 is 0 Å². The Hall–Kier alpha value is -3.35. The Kier molecular flexibility index (Phi) is 6.64. The van der Waals surface area contributed by atoms with Crippen molar-refractivity contribution in [2.45, 2.75) is 30.7 Å². The summed E-state index contributed by atoms with van der Waals surface area (Å²) in [5, 5.41) is 49.5. The maximum absolute atomic E-state index is 12.7. The van der Waals surface area contributed by atoms with E-state index in [-0.39, 0.29) is 39.7 Å². The predicted octanol–water partition coefficient (Wildman–Crippen LogP) is 0.361. The number of aromatic hydroxyl groups is 1. The number of ether oxygens (including phenoxy) is 4. The average Bonchev–Trinajstić information content (AvgIpc) is 2.84. The van der Waals surface area contributed by atoms with E-state index < -0.39 is 42.7 Å². The molecule has 11 nitrogen and oxygen atoms in total. The van der Waals surface area contributed by atoms with E-state index in [1.54, 1.807) is 12.1 Å². The number of phenols is 1. The van der Waals surface area contributed by atoms with E-state index in [9.17, 15) is 30.3 Å². The second-order valence-corrected chi connectivity index (χ2v) is 7.65. The molecule has 2 heterocycles. The minimum absolute atomic E-state index is 0.0183. The zero-order valence-corrected chi connectivity index (χ0v) is 18.2. The first-order valence-corrected chi connectivity index (χ1v) is 10.3. The molecule has 0 bridgehead atoms. The van der Waals surface area contributed by atoms with Gasteiger partial charge in [0.15, 0.2) is 16.9 Å². The van der Waals surface area contributed by atoms with Crippen LogP contribution in [0.4, 0.5) is 0 Å². The largest absolute Gasteiger partial charge is 0.504 e. The van der Waals surface area contributed by atoms with Crippen molar-refractivity contribution in [1.82, 2.24) is 0 Å². The minimum atomic E-state index is -1.56. The molecule has 5 N–H and O–H groups in total. The summed E-state index contributed by atoms with van der Waals surface area (Å²) in [7, 11) is 2.73. The highest BCUT2D eigenvalue weighted by Gasteiger charge is 2.44. The Balaban J connectivity index is 1.62. The molecule has 0 spiro atoms. The second kappa shape index (κ2) is 9.49. The van der Waals surface area contributed by atoms with Crippen LogP contribution in [0.5, 0.6) is 23.0 Å². The molecule has 0 saturated carbocycles. The Bertz CT molecular complexity index is 1220. The van der Waals surface area contributed by atoms with E-state index in [0.29, 0.717) is 5.56 Å². The van der Waals surface area contributed by atoms with Crippen LogP contribution in [0.2, 0.25) is 0 Å². The first-order valence-electron chi connectivity index (χ1n) is 10.3. The topological polar surface area (TPSA) is 168 Å². The Morgan fingerprint density at radius 1 is 0.971 bits per heavy atom. The molecule has 0 radical (unpaired) electrons. The highest BCUT2D eigenvalue weighted by atomic mass is 16.7. The van der Waals surface area contributed by atoms with Gasteiger partial charge in [0.2, 0.25) is 12.0 Å². The molecule has 11 heteroatoms. The van der Waals surface area contributed by atoms with Crippen LogP contribution < -0.4 is 19.6 Å². The molecule has 2 aromatic carbocycles. The highest BCUT2D eigenvalue weighted by molar-refractivity contribution is 5.89. The van der Waals surface area contributed by atoms with Gasteiger partial charge in [-0.05, 0) is 24.3 Å². The number of aliphatic hydroxyl groups excluding tert-OH is 4. The van der Waals surface area contributed by atoms with Gasteiger partial charge in [0.25, 0.3) is 0 Å². The summed E-state index contributed by atoms with van der Waals surface area (Å²) >= 11 is 0. The van der Waals surface area contributed by atoms with Crippen molar-refractivity contribution in [1.29, 1.82) is 0 Å². The van der Waals surface area contributed by atoms with Gasteiger partial charge < -0.3 is 48.9 Å². The number of hydrogen-bond donors (Lipinski definition) is 5. The van der Waals surface area contributed by atoms with Crippen molar-refractivity contribution in [2.24, 2.45) is 0 Å². The molecule has 1 fully saturated rings. The maximum atomic E-state index is 12.7. The monoisotopic (exact) mass is 476 g/mol. The number of hydrogen-bond acceptors (Lipinski definition) is 11. The molecular formula is C23H24O11. The molecule has 1 aliphatic rings. The fourth-order valence-electron chi connectivity index (χ4n) is 3.75. The van der Waals surface area contributed by atoms with Crippen LogP contribution in [0.25, 0.3) is 22.3 Å². The standard InChI is InChI=1S/C23H24O11/c1-30-15-8-14-17(19(27)22(15)31-2)12(25)7-13(33-14)10-3-5-11(6-4-10)32-23-21(29)20(28)18(26)16(9-24)34-23/h3-8,16,18,20-21,23-24,26-29H,9H2,1-2H3/t16-,18-,20+,21-,23-/m1/s1. The molecule has 0 unspecified atom stereocenters. The highest BCUT2D eigenvalue weighted by Crippen LogP contribution is 2.42. The third kappa shape index (κ3) is 4.15. The van der Waals surface area contributed by atoms with E-state index in [0.717, 1.165) is 0 Å². The van der Waals surface area contributed by atoms with Crippen LogP contribution in [0.3, 0.4) is 0 Å². The van der Waals surface area contributed by atoms with Crippen LogP contribution in [0.15, 0.2) is 45.6 Å². The van der Waals surface area contributed by atoms with Gasteiger partial charge in [-0.25, -0.2) is 0 Å². The number of phenolic OH excluding ortho intramolecular Hbond substituents is 1. The zero-order valence-electron chi connectivity index (χ0n) is 18.2. The Morgan fingerprint density at radius 3 is 2.29 bits per heavy atom. The van der Waals surface area contributed by atoms with Gasteiger partial charge in [0.05, 0.1) is 20.8 Å². The summed E-state index contributed by atoms with van der Waals surface area (Å²) in [4.78, 5) is 12.7. The molecule has 1 saturated heterocycles. The molecule has 0 amide bonds. The number of methoxy groups -OCH3 is 2. The molecule has 182 valence electrons. The van der Waals surface area contributed by atoms with Crippen LogP contribution in [0.1, 0.15) is 0 Å². The molecule has 3 aromatic rings. The molecule has 34 heavy (non-hydrogen) atoms. The fraction of sp³-hybridized carbons (Fsp3) is 0.348. The molecule has 1 aromatic heterocycles. The Labute approximate surface area is 192 Å². The van der Waals surface area contributed by atoms with E-state index in [2.05, 4.69) is 0 Å². The van der Waals surface area contributed by atoms with Crippen LogP contribution in [-0.4, -0.2) is 77.1 Å². The van der Waals surface area contributed by atoms with E-state index in [1.807, 2.05) is 0 Å². The number of rotatable bonds is 6. The Morgan fingerprint density at radius 2 is 1.68 bits per heavy atom. The summed E-state index contributed by atoms with van der Waals surface area (Å²) in [5.41, 5.74) is 0.116. The van der Waals surface area contributed by atoms with Gasteiger partial charge in [-0.1, -0.05) is 0 Å². The molecule has 0 aliphatic carbocycles. The molecule has 1 aliphatic heterocycles.